The summed E-state index contributed by atoms with van der Waals surface area (Å²) in [6.07, 6.45) is -0.567. The van der Waals surface area contributed by atoms with Gasteiger partial charge in [-0.15, -0.1) is 10.2 Å². The van der Waals surface area contributed by atoms with Crippen molar-refractivity contribution in [2.75, 3.05) is 10.7 Å². The number of carbonyl (C=O) groups excluding carboxylic acids is 1. The van der Waals surface area contributed by atoms with Gasteiger partial charge in [0.05, 0.1) is 5.69 Å². The van der Waals surface area contributed by atoms with Crippen molar-refractivity contribution in [3.8, 4) is 17.1 Å². The quantitative estimate of drug-likeness (QED) is 0.458. The molecule has 2 heterocycles. The van der Waals surface area contributed by atoms with Crippen LogP contribution in [0.5, 0.6) is 5.88 Å². The zero-order chi connectivity index (χ0) is 21.3. The topological polar surface area (TPSA) is 68.2 Å². The normalized spacial score (nSPS) is 15.1. The van der Waals surface area contributed by atoms with Crippen LogP contribution in [-0.4, -0.2) is 26.8 Å². The second kappa shape index (κ2) is 8.69. The molecule has 0 radical (unpaired) electrons. The Morgan fingerprint density at radius 3 is 2.77 bits per heavy atom. The summed E-state index contributed by atoms with van der Waals surface area (Å²) in [5, 5.41) is 8.87. The van der Waals surface area contributed by atoms with Crippen molar-refractivity contribution in [3.63, 3.8) is 0 Å². The molecule has 1 aliphatic heterocycles. The SMILES string of the molecule is CCSc1nnc2c(n1)OC(c1ccccc1Br)N(C(=O)CC)c1ccc(F)cc1-2. The van der Waals surface area contributed by atoms with Crippen LogP contribution in [0, 0.1) is 5.82 Å². The van der Waals surface area contributed by atoms with E-state index in [9.17, 15) is 9.18 Å². The van der Waals surface area contributed by atoms with Gasteiger partial charge in [-0.1, -0.05) is 59.7 Å². The van der Waals surface area contributed by atoms with Gasteiger partial charge in [0.2, 0.25) is 23.2 Å². The van der Waals surface area contributed by atoms with Crippen molar-refractivity contribution in [2.45, 2.75) is 31.7 Å². The van der Waals surface area contributed by atoms with Gasteiger partial charge in [0, 0.05) is 22.0 Å². The van der Waals surface area contributed by atoms with Gasteiger partial charge in [0.15, 0.2) is 5.69 Å². The van der Waals surface area contributed by atoms with E-state index < -0.39 is 12.0 Å². The number of fused-ring (bicyclic) bond motifs is 3. The Kier molecular flexibility index (Phi) is 6.01. The molecule has 4 rings (SSSR count). The zero-order valence-electron chi connectivity index (χ0n) is 16.3. The number of hydrogen-bond donors (Lipinski definition) is 0. The Morgan fingerprint density at radius 1 is 1.23 bits per heavy atom. The van der Waals surface area contributed by atoms with Crippen LogP contribution in [0.2, 0.25) is 0 Å². The maximum absolute atomic E-state index is 14.2. The largest absolute Gasteiger partial charge is 0.447 e. The molecule has 0 saturated heterocycles. The van der Waals surface area contributed by atoms with Crippen LogP contribution < -0.4 is 9.64 Å². The van der Waals surface area contributed by atoms with Gasteiger partial charge in [-0.25, -0.2) is 4.39 Å². The number of carbonyl (C=O) groups is 1. The van der Waals surface area contributed by atoms with Crippen LogP contribution in [0.1, 0.15) is 32.1 Å². The molecule has 3 aromatic rings. The van der Waals surface area contributed by atoms with E-state index in [1.165, 1.54) is 28.8 Å². The van der Waals surface area contributed by atoms with Crippen molar-refractivity contribution in [1.29, 1.82) is 0 Å². The van der Waals surface area contributed by atoms with Crippen molar-refractivity contribution >= 4 is 39.3 Å². The summed E-state index contributed by atoms with van der Waals surface area (Å²) in [4.78, 5) is 19.1. The summed E-state index contributed by atoms with van der Waals surface area (Å²) in [5.74, 6) is 0.351. The third-order valence-corrected chi connectivity index (χ3v) is 6.02. The predicted octanol–water partition coefficient (Wildman–Crippen LogP) is 5.39. The highest BCUT2D eigenvalue weighted by atomic mass is 79.9. The highest BCUT2D eigenvalue weighted by Crippen LogP contribution is 2.44. The Labute approximate surface area is 186 Å². The second-order valence-corrected chi connectivity index (χ2v) is 8.54. The number of nitrogens with zero attached hydrogens (tertiary/aromatic N) is 4. The molecule has 0 aliphatic carbocycles. The maximum Gasteiger partial charge on any atom is 0.247 e. The van der Waals surface area contributed by atoms with Crippen molar-refractivity contribution < 1.29 is 13.9 Å². The van der Waals surface area contributed by atoms with Crippen LogP contribution in [0.4, 0.5) is 10.1 Å². The van der Waals surface area contributed by atoms with Gasteiger partial charge in [-0.2, -0.15) is 4.98 Å². The minimum absolute atomic E-state index is 0.174. The third-order valence-electron chi connectivity index (χ3n) is 4.58. The number of benzene rings is 2. The number of amides is 1. The summed E-state index contributed by atoms with van der Waals surface area (Å²) < 4.78 is 21.3. The monoisotopic (exact) mass is 488 g/mol. The average Bonchev–Trinajstić information content (AvgIpc) is 2.88. The van der Waals surface area contributed by atoms with Gasteiger partial charge in [0.1, 0.15) is 5.82 Å². The van der Waals surface area contributed by atoms with Crippen molar-refractivity contribution in [2.24, 2.45) is 0 Å². The van der Waals surface area contributed by atoms with E-state index in [1.54, 1.807) is 13.0 Å². The van der Waals surface area contributed by atoms with Crippen molar-refractivity contribution in [1.82, 2.24) is 15.2 Å². The number of hydrogen-bond acceptors (Lipinski definition) is 6. The standard InChI is InChI=1S/C21H18BrFN4O2S/c1-3-17(28)27-16-10-9-12(23)11-14(16)18-19(24-21(26-25-18)30-4-2)29-20(27)13-7-5-6-8-15(13)22/h5-11,20H,3-4H2,1-2H3. The Morgan fingerprint density at radius 2 is 2.03 bits per heavy atom. The molecule has 30 heavy (non-hydrogen) atoms. The summed E-state index contributed by atoms with van der Waals surface area (Å²) in [5.41, 5.74) is 1.95. The molecule has 1 aromatic heterocycles. The molecule has 9 heteroatoms. The molecule has 1 atom stereocenters. The summed E-state index contributed by atoms with van der Waals surface area (Å²) in [6, 6.07) is 11.7. The number of halogens is 2. The Bertz CT molecular complexity index is 1110. The molecular formula is C21H18BrFN4O2S. The third kappa shape index (κ3) is 3.79. The van der Waals surface area contributed by atoms with Gasteiger partial charge < -0.3 is 4.74 Å². The first-order valence-electron chi connectivity index (χ1n) is 9.44. The second-order valence-electron chi connectivity index (χ2n) is 6.45. The Hall–Kier alpha value is -2.52. The number of anilines is 1. The fourth-order valence-electron chi connectivity index (χ4n) is 3.25. The van der Waals surface area contributed by atoms with Crippen LogP contribution in [0.25, 0.3) is 11.3 Å². The summed E-state index contributed by atoms with van der Waals surface area (Å²) in [7, 11) is 0. The number of rotatable bonds is 4. The van der Waals surface area contributed by atoms with E-state index in [2.05, 4.69) is 31.1 Å². The van der Waals surface area contributed by atoms with Crippen LogP contribution in [-0.2, 0) is 4.79 Å². The minimum atomic E-state index is -0.810. The van der Waals surface area contributed by atoms with E-state index in [0.717, 1.165) is 15.8 Å². The highest BCUT2D eigenvalue weighted by Gasteiger charge is 2.36. The maximum atomic E-state index is 14.2. The lowest BCUT2D eigenvalue weighted by molar-refractivity contribution is -0.120. The molecule has 1 amide bonds. The van der Waals surface area contributed by atoms with E-state index in [-0.39, 0.29) is 18.2 Å². The fourth-order valence-corrected chi connectivity index (χ4v) is 4.23. The Balaban J connectivity index is 1.99. The van der Waals surface area contributed by atoms with Gasteiger partial charge in [0.25, 0.3) is 0 Å². The zero-order valence-corrected chi connectivity index (χ0v) is 18.7. The van der Waals surface area contributed by atoms with E-state index in [1.807, 2.05) is 31.2 Å². The van der Waals surface area contributed by atoms with Gasteiger partial charge >= 0.3 is 0 Å². The molecule has 6 nitrogen and oxygen atoms in total. The lowest BCUT2D eigenvalue weighted by Gasteiger charge is -2.31. The van der Waals surface area contributed by atoms with E-state index >= 15 is 0 Å². The number of thioether (sulfide) groups is 1. The van der Waals surface area contributed by atoms with Crippen LogP contribution >= 0.6 is 27.7 Å². The molecular weight excluding hydrogens is 471 g/mol. The predicted molar refractivity (Wildman–Crippen MR) is 117 cm³/mol. The minimum Gasteiger partial charge on any atom is -0.447 e. The molecule has 0 N–H and O–H groups in total. The molecule has 154 valence electrons. The van der Waals surface area contributed by atoms with Gasteiger partial charge in [-0.3, -0.25) is 9.69 Å². The molecule has 0 fully saturated rings. The summed E-state index contributed by atoms with van der Waals surface area (Å²) >= 11 is 4.98. The van der Waals surface area contributed by atoms with Crippen LogP contribution in [0.3, 0.4) is 0 Å². The first-order chi connectivity index (χ1) is 14.5. The average molecular weight is 489 g/mol. The highest BCUT2D eigenvalue weighted by molar-refractivity contribution is 9.10. The fraction of sp³-hybridized carbons (Fsp3) is 0.238. The van der Waals surface area contributed by atoms with Crippen molar-refractivity contribution in [3.05, 3.63) is 58.3 Å². The number of ether oxygens (including phenoxy) is 1. The molecule has 0 saturated carbocycles. The number of aromatic nitrogens is 3. The van der Waals surface area contributed by atoms with Gasteiger partial charge in [-0.05, 0) is 30.0 Å². The smallest absolute Gasteiger partial charge is 0.247 e. The lowest BCUT2D eigenvalue weighted by Crippen LogP contribution is -2.37. The molecule has 1 unspecified atom stereocenters. The molecule has 2 aromatic carbocycles. The summed E-state index contributed by atoms with van der Waals surface area (Å²) in [6.45, 7) is 3.76. The van der Waals surface area contributed by atoms with E-state index in [0.29, 0.717) is 22.1 Å². The first-order valence-corrected chi connectivity index (χ1v) is 11.2. The lowest BCUT2D eigenvalue weighted by atomic mass is 10.1. The van der Waals surface area contributed by atoms with E-state index in [4.69, 9.17) is 4.74 Å². The molecule has 1 aliphatic rings. The first kappa shape index (κ1) is 20.7. The van der Waals surface area contributed by atoms with Crippen LogP contribution in [0.15, 0.2) is 52.1 Å². The molecule has 0 bridgehead atoms. The molecule has 0 spiro atoms.